The molecule has 3 rings (SSSR count). The van der Waals surface area contributed by atoms with Gasteiger partial charge in [-0.3, -0.25) is 4.99 Å². The highest BCUT2D eigenvalue weighted by molar-refractivity contribution is 5.94. The number of methoxy groups -OCH3 is 2. The van der Waals surface area contributed by atoms with Gasteiger partial charge in [0.1, 0.15) is 0 Å². The first kappa shape index (κ1) is 17.1. The van der Waals surface area contributed by atoms with E-state index in [1.54, 1.807) is 21.3 Å². The van der Waals surface area contributed by atoms with Gasteiger partial charge in [0.15, 0.2) is 17.5 Å². The Balaban J connectivity index is 1.64. The van der Waals surface area contributed by atoms with Crippen molar-refractivity contribution in [2.45, 2.75) is 25.3 Å². The summed E-state index contributed by atoms with van der Waals surface area (Å²) < 4.78 is 10.6. The summed E-state index contributed by atoms with van der Waals surface area (Å²) in [7, 11) is 5.04. The number of nitrogens with zero attached hydrogens (tertiary/aromatic N) is 1. The largest absolute Gasteiger partial charge is 0.493 e. The van der Waals surface area contributed by atoms with E-state index in [4.69, 9.17) is 9.47 Å². The average molecular weight is 339 g/mol. The summed E-state index contributed by atoms with van der Waals surface area (Å²) in [6.45, 7) is 2.17. The van der Waals surface area contributed by atoms with Crippen molar-refractivity contribution < 1.29 is 9.47 Å². The van der Waals surface area contributed by atoms with Gasteiger partial charge in [0.2, 0.25) is 0 Å². The van der Waals surface area contributed by atoms with Crippen LogP contribution in [0.1, 0.15) is 23.5 Å². The van der Waals surface area contributed by atoms with Crippen molar-refractivity contribution >= 4 is 11.6 Å². The van der Waals surface area contributed by atoms with E-state index in [0.717, 1.165) is 18.1 Å². The average Bonchev–Trinajstić information content (AvgIpc) is 3.40. The van der Waals surface area contributed by atoms with Crippen LogP contribution in [0.5, 0.6) is 11.5 Å². The summed E-state index contributed by atoms with van der Waals surface area (Å²) in [5.74, 6) is 2.70. The Kier molecular flexibility index (Phi) is 5.12. The second kappa shape index (κ2) is 7.47. The maximum Gasteiger partial charge on any atom is 0.195 e. The van der Waals surface area contributed by atoms with Crippen LogP contribution < -0.4 is 20.1 Å². The van der Waals surface area contributed by atoms with Gasteiger partial charge >= 0.3 is 0 Å². The summed E-state index contributed by atoms with van der Waals surface area (Å²) in [5.41, 5.74) is 3.67. The predicted molar refractivity (Wildman–Crippen MR) is 102 cm³/mol. The predicted octanol–water partition coefficient (Wildman–Crippen LogP) is 3.56. The quantitative estimate of drug-likeness (QED) is 0.646. The van der Waals surface area contributed by atoms with E-state index in [2.05, 4.69) is 46.8 Å². The fourth-order valence-electron chi connectivity index (χ4n) is 3.08. The van der Waals surface area contributed by atoms with Gasteiger partial charge in [0, 0.05) is 30.8 Å². The Morgan fingerprint density at radius 1 is 1.08 bits per heavy atom. The van der Waals surface area contributed by atoms with Crippen LogP contribution in [0.25, 0.3) is 0 Å². The van der Waals surface area contributed by atoms with E-state index in [9.17, 15) is 0 Å². The molecule has 1 saturated carbocycles. The molecule has 0 bridgehead atoms. The first-order valence-electron chi connectivity index (χ1n) is 8.44. The summed E-state index contributed by atoms with van der Waals surface area (Å²) >= 11 is 0. The third kappa shape index (κ3) is 3.87. The number of hydrogen-bond acceptors (Lipinski definition) is 3. The lowest BCUT2D eigenvalue weighted by atomic mass is 10.0. The highest BCUT2D eigenvalue weighted by Crippen LogP contribution is 2.42. The van der Waals surface area contributed by atoms with Crippen LogP contribution in [0, 0.1) is 6.92 Å². The van der Waals surface area contributed by atoms with Crippen LogP contribution in [0.2, 0.25) is 0 Å². The Hall–Kier alpha value is -2.69. The van der Waals surface area contributed by atoms with Crippen molar-refractivity contribution in [3.63, 3.8) is 0 Å². The molecule has 0 radical (unpaired) electrons. The SMILES string of the molecule is CN=C(Nc1ccc(OC)c(OC)c1)NC1CC1c1ccccc1C. The Labute approximate surface area is 149 Å². The lowest BCUT2D eigenvalue weighted by Crippen LogP contribution is -2.33. The normalized spacial score (nSPS) is 19.3. The van der Waals surface area contributed by atoms with Crippen molar-refractivity contribution in [1.29, 1.82) is 0 Å². The molecule has 0 heterocycles. The molecule has 0 saturated heterocycles. The first-order chi connectivity index (χ1) is 12.2. The zero-order valence-electron chi connectivity index (χ0n) is 15.2. The fraction of sp³-hybridized carbons (Fsp3) is 0.350. The standard InChI is InChI=1S/C20H25N3O2/c1-13-7-5-6-8-15(13)16-12-17(16)23-20(21-2)22-14-9-10-18(24-3)19(11-14)25-4/h5-11,16-17H,12H2,1-4H3,(H2,21,22,23). The number of rotatable bonds is 5. The van der Waals surface area contributed by atoms with Gasteiger partial charge in [-0.15, -0.1) is 0 Å². The van der Waals surface area contributed by atoms with Crippen molar-refractivity contribution in [1.82, 2.24) is 5.32 Å². The molecule has 1 aliphatic rings. The first-order valence-corrected chi connectivity index (χ1v) is 8.44. The van der Waals surface area contributed by atoms with Gasteiger partial charge in [0.05, 0.1) is 14.2 Å². The minimum atomic E-state index is 0.410. The number of hydrogen-bond donors (Lipinski definition) is 2. The molecule has 2 aromatic rings. The van der Waals surface area contributed by atoms with Crippen molar-refractivity contribution in [3.8, 4) is 11.5 Å². The molecule has 1 fully saturated rings. The lowest BCUT2D eigenvalue weighted by molar-refractivity contribution is 0.355. The van der Waals surface area contributed by atoms with E-state index in [1.807, 2.05) is 18.2 Å². The van der Waals surface area contributed by atoms with Crippen LogP contribution in [0.4, 0.5) is 5.69 Å². The molecule has 25 heavy (non-hydrogen) atoms. The lowest BCUT2D eigenvalue weighted by Gasteiger charge is -2.14. The van der Waals surface area contributed by atoms with Crippen molar-refractivity contribution in [2.24, 2.45) is 4.99 Å². The number of anilines is 1. The van der Waals surface area contributed by atoms with Crippen molar-refractivity contribution in [2.75, 3.05) is 26.6 Å². The minimum Gasteiger partial charge on any atom is -0.493 e. The molecule has 2 unspecified atom stereocenters. The molecular weight excluding hydrogens is 314 g/mol. The van der Waals surface area contributed by atoms with E-state index in [0.29, 0.717) is 23.5 Å². The Bertz CT molecular complexity index is 773. The number of nitrogens with one attached hydrogen (secondary N) is 2. The molecule has 2 N–H and O–H groups in total. The molecule has 0 amide bonds. The van der Waals surface area contributed by atoms with Crippen LogP contribution in [0.3, 0.4) is 0 Å². The Morgan fingerprint density at radius 2 is 1.84 bits per heavy atom. The molecule has 0 aromatic heterocycles. The summed E-state index contributed by atoms with van der Waals surface area (Å²) in [4.78, 5) is 4.33. The van der Waals surface area contributed by atoms with Crippen LogP contribution in [-0.4, -0.2) is 33.3 Å². The van der Waals surface area contributed by atoms with E-state index >= 15 is 0 Å². The number of guanidine groups is 1. The van der Waals surface area contributed by atoms with E-state index < -0.39 is 0 Å². The van der Waals surface area contributed by atoms with Crippen LogP contribution in [0.15, 0.2) is 47.5 Å². The van der Waals surface area contributed by atoms with Gasteiger partial charge in [0.25, 0.3) is 0 Å². The highest BCUT2D eigenvalue weighted by Gasteiger charge is 2.39. The maximum absolute atomic E-state index is 5.35. The second-order valence-electron chi connectivity index (χ2n) is 6.22. The molecule has 5 nitrogen and oxygen atoms in total. The molecule has 0 spiro atoms. The summed E-state index contributed by atoms with van der Waals surface area (Å²) in [6, 6.07) is 14.7. The molecule has 1 aliphatic carbocycles. The molecule has 132 valence electrons. The second-order valence-corrected chi connectivity index (χ2v) is 6.22. The number of aryl methyl sites for hydroxylation is 1. The monoisotopic (exact) mass is 339 g/mol. The fourth-order valence-corrected chi connectivity index (χ4v) is 3.08. The number of ether oxygens (including phenoxy) is 2. The molecule has 2 aromatic carbocycles. The molecule has 0 aliphatic heterocycles. The zero-order chi connectivity index (χ0) is 17.8. The molecule has 2 atom stereocenters. The third-order valence-electron chi connectivity index (χ3n) is 4.57. The topological polar surface area (TPSA) is 54.9 Å². The van der Waals surface area contributed by atoms with Gasteiger partial charge in [-0.2, -0.15) is 0 Å². The minimum absolute atomic E-state index is 0.410. The maximum atomic E-state index is 5.35. The molecule has 5 heteroatoms. The smallest absolute Gasteiger partial charge is 0.195 e. The summed E-state index contributed by atoms with van der Waals surface area (Å²) in [5, 5.41) is 6.81. The van der Waals surface area contributed by atoms with Gasteiger partial charge in [-0.25, -0.2) is 0 Å². The van der Waals surface area contributed by atoms with Gasteiger partial charge < -0.3 is 20.1 Å². The highest BCUT2D eigenvalue weighted by atomic mass is 16.5. The van der Waals surface area contributed by atoms with Gasteiger partial charge in [-0.1, -0.05) is 24.3 Å². The van der Waals surface area contributed by atoms with E-state index in [-0.39, 0.29) is 0 Å². The number of aliphatic imine (C=N–C) groups is 1. The van der Waals surface area contributed by atoms with E-state index in [1.165, 1.54) is 11.1 Å². The number of benzene rings is 2. The summed E-state index contributed by atoms with van der Waals surface area (Å²) in [6.07, 6.45) is 1.12. The van der Waals surface area contributed by atoms with Gasteiger partial charge in [-0.05, 0) is 36.6 Å². The Morgan fingerprint density at radius 3 is 2.52 bits per heavy atom. The van der Waals surface area contributed by atoms with Crippen LogP contribution in [-0.2, 0) is 0 Å². The third-order valence-corrected chi connectivity index (χ3v) is 4.57. The zero-order valence-corrected chi connectivity index (χ0v) is 15.2. The van der Waals surface area contributed by atoms with Crippen molar-refractivity contribution in [3.05, 3.63) is 53.6 Å². The molecular formula is C20H25N3O2. The van der Waals surface area contributed by atoms with Crippen LogP contribution >= 0.6 is 0 Å².